The molecular formula is C4H2AlFNO4-. The molecule has 0 aromatic rings. The maximum atomic E-state index is 11.9. The largest absolute Gasteiger partial charge is 1.15 e. The highest BCUT2D eigenvalue weighted by atomic mass is 27.3. The second-order valence-electron chi connectivity index (χ2n) is 1.43. The molecule has 1 heterocycles. The molecule has 0 amide bonds. The highest BCUT2D eigenvalue weighted by Crippen LogP contribution is 2.04. The zero-order valence-electron chi connectivity index (χ0n) is 5.24. The highest BCUT2D eigenvalue weighted by molar-refractivity contribution is 6.43. The van der Waals surface area contributed by atoms with Crippen LogP contribution >= 0.6 is 0 Å². The van der Waals surface area contributed by atoms with Crippen molar-refractivity contribution in [1.29, 1.82) is 5.26 Å². The van der Waals surface area contributed by atoms with Crippen LogP contribution in [0.3, 0.4) is 0 Å². The number of carbonyl (C=O) groups is 2. The average molecular weight is 174 g/mol. The molecule has 0 aromatic heterocycles. The third kappa shape index (κ3) is 3.56. The van der Waals surface area contributed by atoms with Gasteiger partial charge in [-0.2, -0.15) is 0 Å². The van der Waals surface area contributed by atoms with Gasteiger partial charge in [-0.25, -0.2) is 0 Å². The van der Waals surface area contributed by atoms with Crippen LogP contribution in [0.1, 0.15) is 6.42 Å². The number of hydrogen-bond acceptors (Lipinski definition) is 5. The monoisotopic (exact) mass is 174 g/mol. The summed E-state index contributed by atoms with van der Waals surface area (Å²) in [6, 6.07) is 0. The molecule has 11 heavy (non-hydrogen) atoms. The molecule has 0 radical (unpaired) electrons. The molecule has 58 valence electrons. The lowest BCUT2D eigenvalue weighted by atomic mass is 10.5. The van der Waals surface area contributed by atoms with Gasteiger partial charge < -0.3 is 22.9 Å². The summed E-state index contributed by atoms with van der Waals surface area (Å²) in [5.74, 6) is -1.66. The Morgan fingerprint density at radius 2 is 1.73 bits per heavy atom. The van der Waals surface area contributed by atoms with Crippen molar-refractivity contribution in [2.45, 2.75) is 6.42 Å². The summed E-state index contributed by atoms with van der Waals surface area (Å²) in [4.78, 5) is 20.3. The first-order valence-corrected chi connectivity index (χ1v) is 3.82. The van der Waals surface area contributed by atoms with Gasteiger partial charge in [-0.1, -0.05) is 0 Å². The summed E-state index contributed by atoms with van der Waals surface area (Å²) in [5, 5.41) is 6.25. The van der Waals surface area contributed by atoms with E-state index in [9.17, 15) is 13.1 Å². The minimum absolute atomic E-state index is 0.465. The Morgan fingerprint density at radius 3 is 2.00 bits per heavy atom. The van der Waals surface area contributed by atoms with E-state index in [4.69, 9.17) is 11.8 Å². The van der Waals surface area contributed by atoms with Crippen LogP contribution in [-0.2, 0) is 17.2 Å². The molecule has 1 fully saturated rings. The third-order valence-corrected chi connectivity index (χ3v) is 1.63. The van der Waals surface area contributed by atoms with Gasteiger partial charge in [0.2, 0.25) is 0 Å². The van der Waals surface area contributed by atoms with Crippen LogP contribution in [0.4, 0.5) is 3.52 Å². The maximum absolute atomic E-state index is 11.9. The van der Waals surface area contributed by atoms with Crippen LogP contribution in [0.25, 0.3) is 0 Å². The summed E-state index contributed by atoms with van der Waals surface area (Å²) < 4.78 is 19.8. The normalized spacial score (nSPS) is 15.7. The van der Waals surface area contributed by atoms with E-state index in [2.05, 4.69) is 7.58 Å². The van der Waals surface area contributed by atoms with Crippen LogP contribution in [-0.4, -0.2) is 27.2 Å². The molecule has 0 aliphatic carbocycles. The molecule has 5 nitrogen and oxygen atoms in total. The highest BCUT2D eigenvalue weighted by Gasteiger charge is 2.46. The first-order chi connectivity index (χ1) is 5.18. The zero-order valence-corrected chi connectivity index (χ0v) is 6.40. The van der Waals surface area contributed by atoms with Gasteiger partial charge in [0.05, 0.1) is 0 Å². The molecule has 0 aromatic carbocycles. The smallest absolute Gasteiger partial charge is 0.558 e. The average Bonchev–Trinajstić information content (AvgIpc) is 1.88. The van der Waals surface area contributed by atoms with Crippen molar-refractivity contribution in [2.24, 2.45) is 0 Å². The molecule has 1 saturated heterocycles. The van der Waals surface area contributed by atoms with Crippen LogP contribution in [0, 0.1) is 11.8 Å². The maximum Gasteiger partial charge on any atom is 1.15 e. The molecule has 0 N–H and O–H groups in total. The third-order valence-electron chi connectivity index (χ3n) is 0.737. The summed E-state index contributed by atoms with van der Waals surface area (Å²) in [6.45, 7) is 4.75. The standard InChI is InChI=1S/C3H4O4.CN.Al.FH/c4-2(5)1-3(6)7;1-2;;/h1H2,(H,4,5)(H,6,7);;;1H/q;-1;+3;/p-3. The van der Waals surface area contributed by atoms with E-state index in [1.165, 1.54) is 0 Å². The van der Waals surface area contributed by atoms with Gasteiger partial charge in [-0.3, -0.25) is 9.59 Å². The summed E-state index contributed by atoms with van der Waals surface area (Å²) >= 11 is -3.41. The predicted molar refractivity (Wildman–Crippen MR) is 28.6 cm³/mol. The molecular weight excluding hydrogens is 172 g/mol. The lowest BCUT2D eigenvalue weighted by molar-refractivity contribution is -0.153. The Balaban J connectivity index is 0.000000461. The van der Waals surface area contributed by atoms with E-state index in [-0.39, 0.29) is 0 Å². The number of carbonyl (C=O) groups excluding carboxylic acids is 2. The fourth-order valence-corrected chi connectivity index (χ4v) is 1.06. The Labute approximate surface area is 66.8 Å². The molecule has 0 atom stereocenters. The lowest BCUT2D eigenvalue weighted by Crippen LogP contribution is -2.32. The van der Waals surface area contributed by atoms with Gasteiger partial charge in [0.1, 0.15) is 6.42 Å². The number of halogens is 1. The fraction of sp³-hybridized carbons (Fsp3) is 0.250. The summed E-state index contributed by atoms with van der Waals surface area (Å²) in [7, 11) is 0. The second kappa shape index (κ2) is 4.67. The van der Waals surface area contributed by atoms with E-state index in [0.717, 1.165) is 0 Å². The predicted octanol–water partition coefficient (Wildman–Crippen LogP) is -0.473. The first kappa shape index (κ1) is 9.89. The molecule has 0 saturated carbocycles. The Kier molecular flexibility index (Phi) is 4.20. The van der Waals surface area contributed by atoms with Crippen molar-refractivity contribution in [3.8, 4) is 0 Å². The topological polar surface area (TPSA) is 76.4 Å². The van der Waals surface area contributed by atoms with Crippen molar-refractivity contribution in [3.63, 3.8) is 0 Å². The molecule has 1 aliphatic heterocycles. The van der Waals surface area contributed by atoms with Crippen LogP contribution in [0.5, 0.6) is 0 Å². The van der Waals surface area contributed by atoms with Crippen molar-refractivity contribution in [3.05, 3.63) is 6.57 Å². The lowest BCUT2D eigenvalue weighted by Gasteiger charge is -2.11. The van der Waals surface area contributed by atoms with Crippen LogP contribution in [0.15, 0.2) is 0 Å². The minimum atomic E-state index is -3.41. The van der Waals surface area contributed by atoms with Gasteiger partial charge in [0, 0.05) is 0 Å². The molecule has 0 unspecified atom stereocenters. The molecule has 0 spiro atoms. The Bertz CT molecular complexity index is 178. The van der Waals surface area contributed by atoms with Crippen LogP contribution < -0.4 is 0 Å². The SMILES string of the molecule is O=C1CC(=O)[O][Al]([F])[O]1.[C-]#N. The van der Waals surface area contributed by atoms with E-state index in [1.54, 1.807) is 0 Å². The molecule has 7 heteroatoms. The van der Waals surface area contributed by atoms with E-state index >= 15 is 0 Å². The molecule has 1 rings (SSSR count). The van der Waals surface area contributed by atoms with E-state index in [1.807, 2.05) is 0 Å². The van der Waals surface area contributed by atoms with Gasteiger partial charge in [-0.15, -0.1) is 0 Å². The van der Waals surface area contributed by atoms with Gasteiger partial charge in [-0.05, 0) is 0 Å². The van der Waals surface area contributed by atoms with Crippen LogP contribution in [0.2, 0.25) is 0 Å². The number of nitrogens with zero attached hydrogens (tertiary/aromatic N) is 1. The number of hydrogen-bond donors (Lipinski definition) is 0. The van der Waals surface area contributed by atoms with Crippen molar-refractivity contribution in [1.82, 2.24) is 0 Å². The van der Waals surface area contributed by atoms with Crippen molar-refractivity contribution in [2.75, 3.05) is 0 Å². The fourth-order valence-electron chi connectivity index (χ4n) is 0.432. The second-order valence-corrected chi connectivity index (χ2v) is 2.45. The van der Waals surface area contributed by atoms with Gasteiger partial charge in [0.15, 0.2) is 0 Å². The first-order valence-electron chi connectivity index (χ1n) is 2.44. The van der Waals surface area contributed by atoms with Crippen molar-refractivity contribution >= 4 is 27.2 Å². The summed E-state index contributed by atoms with van der Waals surface area (Å²) in [6.07, 6.45) is -0.465. The molecule has 1 aliphatic rings. The zero-order chi connectivity index (χ0) is 8.85. The van der Waals surface area contributed by atoms with Crippen molar-refractivity contribution < 1.29 is 20.7 Å². The quantitative estimate of drug-likeness (QED) is 0.282. The minimum Gasteiger partial charge on any atom is -0.558 e. The number of rotatable bonds is 0. The summed E-state index contributed by atoms with van der Waals surface area (Å²) in [5.41, 5.74) is 0. The Morgan fingerprint density at radius 1 is 1.36 bits per heavy atom. The van der Waals surface area contributed by atoms with Gasteiger partial charge >= 0.3 is 15.3 Å². The molecule has 0 bridgehead atoms. The Hall–Kier alpha value is -1.11. The van der Waals surface area contributed by atoms with Gasteiger partial charge in [0.25, 0.3) is 11.9 Å². The van der Waals surface area contributed by atoms with E-state index < -0.39 is 33.6 Å². The van der Waals surface area contributed by atoms with E-state index in [0.29, 0.717) is 0 Å².